The molecule has 0 unspecified atom stereocenters. The molecule has 1 aromatic heterocycles. The lowest BCUT2D eigenvalue weighted by molar-refractivity contribution is 0.744. The van der Waals surface area contributed by atoms with E-state index < -0.39 is 0 Å². The molecule has 0 saturated carbocycles. The van der Waals surface area contributed by atoms with Crippen LogP contribution in [0.25, 0.3) is 5.69 Å². The average molecular weight is 264 g/mol. The lowest BCUT2D eigenvalue weighted by Crippen LogP contribution is -2.04. The molecule has 0 aliphatic carbocycles. The van der Waals surface area contributed by atoms with Crippen LogP contribution in [-0.2, 0) is 0 Å². The van der Waals surface area contributed by atoms with Crippen molar-refractivity contribution in [1.82, 2.24) is 14.8 Å². The summed E-state index contributed by atoms with van der Waals surface area (Å²) >= 11 is 6.14. The van der Waals surface area contributed by atoms with E-state index in [4.69, 9.17) is 11.6 Å². The van der Waals surface area contributed by atoms with Crippen molar-refractivity contribution in [2.45, 2.75) is 39.5 Å². The summed E-state index contributed by atoms with van der Waals surface area (Å²) in [6, 6.07) is 8.35. The fourth-order valence-corrected chi connectivity index (χ4v) is 2.13. The molecule has 0 spiro atoms. The van der Waals surface area contributed by atoms with Gasteiger partial charge >= 0.3 is 0 Å². The largest absolute Gasteiger partial charge is 0.270 e. The van der Waals surface area contributed by atoms with Gasteiger partial charge in [-0.15, -0.1) is 10.2 Å². The molecule has 0 saturated heterocycles. The highest BCUT2D eigenvalue weighted by Gasteiger charge is 2.15. The highest BCUT2D eigenvalue weighted by Crippen LogP contribution is 2.24. The molecule has 0 aliphatic rings. The Labute approximate surface area is 113 Å². The van der Waals surface area contributed by atoms with Crippen molar-refractivity contribution < 1.29 is 0 Å². The molecule has 96 valence electrons. The Morgan fingerprint density at radius 3 is 2.39 bits per heavy atom. The third kappa shape index (κ3) is 2.41. The Kier molecular flexibility index (Phi) is 3.71. The summed E-state index contributed by atoms with van der Waals surface area (Å²) in [6.45, 7) is 8.53. The van der Waals surface area contributed by atoms with Crippen LogP contribution in [-0.4, -0.2) is 14.8 Å². The maximum absolute atomic E-state index is 6.14. The molecule has 0 N–H and O–H groups in total. The highest BCUT2D eigenvalue weighted by atomic mass is 35.5. The van der Waals surface area contributed by atoms with Gasteiger partial charge in [0.1, 0.15) is 5.82 Å². The predicted molar refractivity (Wildman–Crippen MR) is 74.5 cm³/mol. The molecule has 0 amide bonds. The first-order chi connectivity index (χ1) is 8.50. The van der Waals surface area contributed by atoms with E-state index in [1.807, 2.05) is 16.7 Å². The number of halogens is 1. The topological polar surface area (TPSA) is 30.7 Å². The molecule has 0 radical (unpaired) electrons. The first-order valence-corrected chi connectivity index (χ1v) is 6.59. The molecule has 18 heavy (non-hydrogen) atoms. The second-order valence-corrected chi connectivity index (χ2v) is 5.41. The Hall–Kier alpha value is -1.35. The van der Waals surface area contributed by atoms with Crippen molar-refractivity contribution in [2.75, 3.05) is 0 Å². The summed E-state index contributed by atoms with van der Waals surface area (Å²) < 4.78 is 1.91. The number of aromatic nitrogens is 3. The molecule has 0 bridgehead atoms. The van der Waals surface area contributed by atoms with Gasteiger partial charge in [-0.1, -0.05) is 39.8 Å². The Bertz CT molecular complexity index is 544. The second kappa shape index (κ2) is 5.11. The van der Waals surface area contributed by atoms with E-state index in [0.717, 1.165) is 11.5 Å². The van der Waals surface area contributed by atoms with E-state index in [2.05, 4.69) is 50.0 Å². The van der Waals surface area contributed by atoms with E-state index in [-0.39, 0.29) is 5.92 Å². The van der Waals surface area contributed by atoms with E-state index in [0.29, 0.717) is 11.2 Å². The van der Waals surface area contributed by atoms with Gasteiger partial charge in [-0.3, -0.25) is 4.57 Å². The first kappa shape index (κ1) is 13.1. The molecule has 4 heteroatoms. The predicted octanol–water partition coefficient (Wildman–Crippen LogP) is 4.17. The summed E-state index contributed by atoms with van der Waals surface area (Å²) in [6.07, 6.45) is 0. The minimum absolute atomic E-state index is 0.285. The zero-order chi connectivity index (χ0) is 13.3. The standard InChI is InChI=1S/C14H18ClN3/c1-9(2)11-6-5-7-12(8-11)18-13(10(3)4)16-17-14(18)15/h5-10H,1-4H3. The SMILES string of the molecule is CC(C)c1cccc(-n2c(Cl)nnc2C(C)C)c1. The van der Waals surface area contributed by atoms with Crippen LogP contribution in [0.5, 0.6) is 0 Å². The molecule has 0 atom stereocenters. The minimum Gasteiger partial charge on any atom is -0.270 e. The normalized spacial score (nSPS) is 11.5. The summed E-state index contributed by atoms with van der Waals surface area (Å²) in [5, 5.41) is 8.53. The van der Waals surface area contributed by atoms with Gasteiger partial charge in [-0.2, -0.15) is 0 Å². The van der Waals surface area contributed by atoms with Gasteiger partial charge in [-0.25, -0.2) is 0 Å². The summed E-state index contributed by atoms with van der Waals surface area (Å²) in [7, 11) is 0. The number of nitrogens with zero attached hydrogens (tertiary/aromatic N) is 3. The van der Waals surface area contributed by atoms with E-state index in [1.165, 1.54) is 5.56 Å². The zero-order valence-electron chi connectivity index (χ0n) is 11.2. The van der Waals surface area contributed by atoms with Crippen molar-refractivity contribution >= 4 is 11.6 Å². The smallest absolute Gasteiger partial charge is 0.229 e. The maximum Gasteiger partial charge on any atom is 0.229 e. The third-order valence-corrected chi connectivity index (χ3v) is 3.20. The van der Waals surface area contributed by atoms with Crippen LogP contribution in [0.1, 0.15) is 50.9 Å². The summed E-state index contributed by atoms with van der Waals surface area (Å²) in [4.78, 5) is 0. The Morgan fingerprint density at radius 2 is 1.78 bits per heavy atom. The van der Waals surface area contributed by atoms with Crippen LogP contribution >= 0.6 is 11.6 Å². The van der Waals surface area contributed by atoms with Crippen LogP contribution in [0.3, 0.4) is 0 Å². The number of benzene rings is 1. The van der Waals surface area contributed by atoms with Gasteiger partial charge in [0.15, 0.2) is 0 Å². The van der Waals surface area contributed by atoms with Crippen molar-refractivity contribution in [3.63, 3.8) is 0 Å². The van der Waals surface area contributed by atoms with Gasteiger partial charge in [-0.05, 0) is 35.2 Å². The van der Waals surface area contributed by atoms with Gasteiger partial charge < -0.3 is 0 Å². The summed E-state index contributed by atoms with van der Waals surface area (Å²) in [5.74, 6) is 1.66. The minimum atomic E-state index is 0.285. The average Bonchev–Trinajstić information content (AvgIpc) is 2.71. The van der Waals surface area contributed by atoms with Crippen molar-refractivity contribution in [1.29, 1.82) is 0 Å². The fraction of sp³-hybridized carbons (Fsp3) is 0.429. The van der Waals surface area contributed by atoms with Crippen molar-refractivity contribution in [3.05, 3.63) is 40.9 Å². The Balaban J connectivity index is 2.54. The van der Waals surface area contributed by atoms with Gasteiger partial charge in [0.05, 0.1) is 5.69 Å². The van der Waals surface area contributed by atoms with Crippen molar-refractivity contribution in [2.24, 2.45) is 0 Å². The lowest BCUT2D eigenvalue weighted by Gasteiger charge is -2.12. The van der Waals surface area contributed by atoms with Gasteiger partial charge in [0.2, 0.25) is 5.28 Å². The third-order valence-electron chi connectivity index (χ3n) is 2.96. The molecular formula is C14H18ClN3. The number of rotatable bonds is 3. The maximum atomic E-state index is 6.14. The van der Waals surface area contributed by atoms with E-state index in [9.17, 15) is 0 Å². The van der Waals surface area contributed by atoms with E-state index in [1.54, 1.807) is 0 Å². The molecule has 2 rings (SSSR count). The monoisotopic (exact) mass is 263 g/mol. The van der Waals surface area contributed by atoms with Crippen LogP contribution in [0.4, 0.5) is 0 Å². The number of hydrogen-bond donors (Lipinski definition) is 0. The van der Waals surface area contributed by atoms with Crippen molar-refractivity contribution in [3.8, 4) is 5.69 Å². The Morgan fingerprint density at radius 1 is 1.06 bits per heavy atom. The molecule has 0 aliphatic heterocycles. The zero-order valence-corrected chi connectivity index (χ0v) is 11.9. The molecule has 3 nitrogen and oxygen atoms in total. The number of hydrogen-bond acceptors (Lipinski definition) is 2. The quantitative estimate of drug-likeness (QED) is 0.832. The first-order valence-electron chi connectivity index (χ1n) is 6.22. The highest BCUT2D eigenvalue weighted by molar-refractivity contribution is 6.28. The van der Waals surface area contributed by atoms with Gasteiger partial charge in [0, 0.05) is 5.92 Å². The van der Waals surface area contributed by atoms with Gasteiger partial charge in [0.25, 0.3) is 0 Å². The van der Waals surface area contributed by atoms with Crippen LogP contribution in [0.15, 0.2) is 24.3 Å². The molecule has 0 fully saturated rings. The fourth-order valence-electron chi connectivity index (χ4n) is 1.91. The lowest BCUT2D eigenvalue weighted by atomic mass is 10.0. The van der Waals surface area contributed by atoms with Crippen LogP contribution in [0.2, 0.25) is 5.28 Å². The van der Waals surface area contributed by atoms with Crippen LogP contribution < -0.4 is 0 Å². The molecular weight excluding hydrogens is 246 g/mol. The molecule has 1 aromatic carbocycles. The van der Waals surface area contributed by atoms with Crippen LogP contribution in [0, 0.1) is 0 Å². The van der Waals surface area contributed by atoms with E-state index >= 15 is 0 Å². The summed E-state index contributed by atoms with van der Waals surface area (Å²) in [5.41, 5.74) is 2.31. The molecule has 1 heterocycles. The molecule has 2 aromatic rings. The second-order valence-electron chi connectivity index (χ2n) is 5.07.